The van der Waals surface area contributed by atoms with Crippen LogP contribution in [-0.4, -0.2) is 30.9 Å². The van der Waals surface area contributed by atoms with Crippen LogP contribution in [0, 0.1) is 0 Å². The third kappa shape index (κ3) is 7.63. The maximum atomic E-state index is 11.6. The van der Waals surface area contributed by atoms with Crippen LogP contribution in [0.1, 0.15) is 113 Å². The Morgan fingerprint density at radius 1 is 0.567 bits per heavy atom. The SMILES string of the molecule is CCCCC1(C)c2ccccc2-c2ccc(N(c3ccc4c(c3)C(CCCC)(CCCC)c3ccccc3-4)c3ccc(-c4ccc(-c5ccc(C=C(C(=O)O)C(=O)O)s5)s4)c4nsnc34)cc21. The average molecular weight is 940 g/mol. The van der Waals surface area contributed by atoms with E-state index < -0.39 is 17.5 Å². The third-order valence-corrected chi connectivity index (χ3v) is 17.1. The minimum atomic E-state index is -1.47. The number of carbonyl (C=O) groups is 2. The number of fused-ring (bicyclic) bond motifs is 7. The minimum absolute atomic E-state index is 0.0788. The summed E-state index contributed by atoms with van der Waals surface area (Å²) in [4.78, 5) is 29.1. The normalized spacial score (nSPS) is 15.2. The third-order valence-electron chi connectivity index (χ3n) is 14.2. The van der Waals surface area contributed by atoms with E-state index in [1.54, 1.807) is 17.4 Å². The van der Waals surface area contributed by atoms with Gasteiger partial charge in [-0.15, -0.1) is 22.7 Å². The van der Waals surface area contributed by atoms with Gasteiger partial charge in [-0.25, -0.2) is 9.59 Å². The maximum absolute atomic E-state index is 11.6. The average Bonchev–Trinajstić information content (AvgIpc) is 4.20. The van der Waals surface area contributed by atoms with Crippen LogP contribution in [0.15, 0.2) is 127 Å². The van der Waals surface area contributed by atoms with Gasteiger partial charge in [0, 0.05) is 47.3 Å². The molecule has 0 fully saturated rings. The van der Waals surface area contributed by atoms with Crippen molar-refractivity contribution in [3.63, 3.8) is 0 Å². The molecule has 3 aromatic heterocycles. The van der Waals surface area contributed by atoms with Crippen molar-refractivity contribution in [2.24, 2.45) is 0 Å². The largest absolute Gasteiger partial charge is 0.477 e. The van der Waals surface area contributed by atoms with Crippen molar-refractivity contribution in [2.75, 3.05) is 4.90 Å². The highest BCUT2D eigenvalue weighted by Crippen LogP contribution is 2.57. The minimum Gasteiger partial charge on any atom is -0.477 e. The molecule has 10 rings (SSSR count). The van der Waals surface area contributed by atoms with E-state index in [4.69, 9.17) is 8.75 Å². The summed E-state index contributed by atoms with van der Waals surface area (Å²) >= 11 is 4.21. The van der Waals surface area contributed by atoms with Gasteiger partial charge >= 0.3 is 11.9 Å². The molecule has 8 aromatic rings. The van der Waals surface area contributed by atoms with E-state index >= 15 is 0 Å². The second kappa shape index (κ2) is 18.1. The summed E-state index contributed by atoms with van der Waals surface area (Å²) in [7, 11) is 0. The van der Waals surface area contributed by atoms with Gasteiger partial charge in [-0.1, -0.05) is 127 Å². The van der Waals surface area contributed by atoms with Crippen molar-refractivity contribution >= 4 is 80.5 Å². The second-order valence-electron chi connectivity index (χ2n) is 18.2. The molecule has 5 aromatic carbocycles. The van der Waals surface area contributed by atoms with Crippen LogP contribution in [0.25, 0.3) is 59.6 Å². The standard InChI is InChI=1S/C57H53N3O4S3/c1-5-8-29-56(4)44-17-13-11-15-38(44)40-22-19-35(32-46(40)56)60(36-20-23-41-39-16-12-14-18-45(39)57(30-9-6-2,31-10-7-3)47(41)33-36)48-25-24-42(52-53(48)59-67-58-52)49-27-28-51(66-49)50-26-21-37(65-50)34-43(54(61)62)55(63)64/h11-28,32-34H,5-10,29-31H2,1-4H3,(H,61,62)(H,63,64). The van der Waals surface area contributed by atoms with Crippen molar-refractivity contribution in [3.8, 4) is 42.4 Å². The highest BCUT2D eigenvalue weighted by atomic mass is 32.1. The fourth-order valence-corrected chi connectivity index (χ4v) is 13.5. The van der Waals surface area contributed by atoms with E-state index in [-0.39, 0.29) is 10.8 Å². The predicted octanol–water partition coefficient (Wildman–Crippen LogP) is 16.3. The first-order valence-corrected chi connectivity index (χ1v) is 25.9. The Kier molecular flexibility index (Phi) is 12.1. The molecule has 338 valence electrons. The molecule has 10 heteroatoms. The molecule has 0 aliphatic heterocycles. The maximum Gasteiger partial charge on any atom is 0.343 e. The molecule has 0 amide bonds. The van der Waals surface area contributed by atoms with Crippen LogP contribution in [0.4, 0.5) is 17.1 Å². The van der Waals surface area contributed by atoms with E-state index in [0.29, 0.717) is 4.88 Å². The Hall–Kier alpha value is -6.20. The van der Waals surface area contributed by atoms with Crippen LogP contribution < -0.4 is 4.90 Å². The molecule has 2 N–H and O–H groups in total. The Bertz CT molecular complexity index is 3210. The van der Waals surface area contributed by atoms with Gasteiger partial charge in [-0.3, -0.25) is 0 Å². The van der Waals surface area contributed by atoms with E-state index in [2.05, 4.69) is 142 Å². The molecule has 1 unspecified atom stereocenters. The van der Waals surface area contributed by atoms with Crippen LogP contribution in [0.2, 0.25) is 0 Å². The number of rotatable bonds is 17. The lowest BCUT2D eigenvalue weighted by Crippen LogP contribution is -2.26. The topological polar surface area (TPSA) is 104 Å². The quantitative estimate of drug-likeness (QED) is 0.0532. The summed E-state index contributed by atoms with van der Waals surface area (Å²) in [5.41, 5.74) is 15.9. The number of carboxylic acids is 2. The van der Waals surface area contributed by atoms with Gasteiger partial charge in [0.1, 0.15) is 16.6 Å². The first-order valence-electron chi connectivity index (χ1n) is 23.5. The van der Waals surface area contributed by atoms with Gasteiger partial charge in [-0.05, 0) is 131 Å². The van der Waals surface area contributed by atoms with Gasteiger partial charge < -0.3 is 15.1 Å². The fraction of sp³-hybridized carbons (Fsp3) is 0.263. The number of aromatic nitrogens is 2. The first-order chi connectivity index (χ1) is 32.6. The highest BCUT2D eigenvalue weighted by Gasteiger charge is 2.43. The van der Waals surface area contributed by atoms with Crippen LogP contribution >= 0.6 is 34.4 Å². The molecular formula is C57H53N3O4S3. The summed E-state index contributed by atoms with van der Waals surface area (Å²) in [5.74, 6) is -2.94. The fourth-order valence-electron chi connectivity index (χ4n) is 10.9. The molecule has 3 heterocycles. The predicted molar refractivity (Wildman–Crippen MR) is 279 cm³/mol. The number of nitrogens with zero attached hydrogens (tertiary/aromatic N) is 3. The number of benzene rings is 5. The smallest absolute Gasteiger partial charge is 0.343 e. The summed E-state index contributed by atoms with van der Waals surface area (Å²) in [6.45, 7) is 9.33. The molecule has 0 radical (unpaired) electrons. The summed E-state index contributed by atoms with van der Waals surface area (Å²) in [6.07, 6.45) is 11.4. The molecule has 1 atom stereocenters. The van der Waals surface area contributed by atoms with Crippen LogP contribution in [0.5, 0.6) is 0 Å². The molecule has 2 aliphatic rings. The Labute approximate surface area is 404 Å². The van der Waals surface area contributed by atoms with E-state index in [9.17, 15) is 19.8 Å². The first kappa shape index (κ1) is 44.6. The molecular weight excluding hydrogens is 887 g/mol. The van der Waals surface area contributed by atoms with E-state index in [1.165, 1.54) is 73.6 Å². The monoisotopic (exact) mass is 939 g/mol. The highest BCUT2D eigenvalue weighted by molar-refractivity contribution is 7.24. The van der Waals surface area contributed by atoms with Gasteiger partial charge in [-0.2, -0.15) is 8.75 Å². The van der Waals surface area contributed by atoms with Crippen LogP contribution in [0.3, 0.4) is 0 Å². The number of aliphatic carboxylic acids is 2. The van der Waals surface area contributed by atoms with Crippen molar-refractivity contribution < 1.29 is 19.8 Å². The van der Waals surface area contributed by atoms with Gasteiger partial charge in [0.15, 0.2) is 0 Å². The van der Waals surface area contributed by atoms with Crippen molar-refractivity contribution in [1.82, 2.24) is 8.75 Å². The number of hydrogen-bond donors (Lipinski definition) is 2. The van der Waals surface area contributed by atoms with Crippen LogP contribution in [-0.2, 0) is 20.4 Å². The Morgan fingerprint density at radius 3 is 1.79 bits per heavy atom. The Morgan fingerprint density at radius 2 is 1.10 bits per heavy atom. The molecule has 0 saturated carbocycles. The zero-order chi connectivity index (χ0) is 46.5. The van der Waals surface area contributed by atoms with Gasteiger partial charge in [0.2, 0.25) is 0 Å². The number of hydrogen-bond acceptors (Lipinski definition) is 8. The lowest BCUT2D eigenvalue weighted by atomic mass is 9.71. The molecule has 7 nitrogen and oxygen atoms in total. The van der Waals surface area contributed by atoms with Gasteiger partial charge in [0.25, 0.3) is 0 Å². The second-order valence-corrected chi connectivity index (χ2v) is 21.0. The molecule has 2 aliphatic carbocycles. The van der Waals surface area contributed by atoms with E-state index in [1.807, 2.05) is 6.07 Å². The zero-order valence-electron chi connectivity index (χ0n) is 38.3. The number of carboxylic acid groups (broad SMARTS) is 2. The van der Waals surface area contributed by atoms with E-state index in [0.717, 1.165) is 106 Å². The van der Waals surface area contributed by atoms with Crippen molar-refractivity contribution in [3.05, 3.63) is 154 Å². The number of unbranched alkanes of at least 4 members (excludes halogenated alkanes) is 3. The molecule has 0 spiro atoms. The zero-order valence-corrected chi connectivity index (χ0v) is 40.7. The lowest BCUT2D eigenvalue weighted by molar-refractivity contribution is -0.140. The van der Waals surface area contributed by atoms with Gasteiger partial charge in [0.05, 0.1) is 17.4 Å². The lowest BCUT2D eigenvalue weighted by Gasteiger charge is -2.34. The molecule has 67 heavy (non-hydrogen) atoms. The number of thiophene rings is 2. The summed E-state index contributed by atoms with van der Waals surface area (Å²) in [5, 5.41) is 18.8. The molecule has 0 saturated heterocycles. The molecule has 0 bridgehead atoms. The van der Waals surface area contributed by atoms with Crippen molar-refractivity contribution in [1.29, 1.82) is 0 Å². The summed E-state index contributed by atoms with van der Waals surface area (Å²) in [6, 6.07) is 44.6. The van der Waals surface area contributed by atoms with Crippen molar-refractivity contribution in [2.45, 2.75) is 96.3 Å². The number of anilines is 3. The Balaban J connectivity index is 1.13. The summed E-state index contributed by atoms with van der Waals surface area (Å²) < 4.78 is 10.1.